The van der Waals surface area contributed by atoms with E-state index >= 15 is 0 Å². The van der Waals surface area contributed by atoms with Gasteiger partial charge in [0.15, 0.2) is 0 Å². The molecule has 1 N–H and O–H groups in total. The second kappa shape index (κ2) is 7.67. The highest BCUT2D eigenvalue weighted by molar-refractivity contribution is 5.89. The number of amides is 1. The second-order valence-corrected chi connectivity index (χ2v) is 2.62. The van der Waals surface area contributed by atoms with E-state index in [1.54, 1.807) is 12.4 Å². The summed E-state index contributed by atoms with van der Waals surface area (Å²) in [5.41, 5.74) is 0.960. The molecule has 0 aliphatic heterocycles. The molecule has 4 nitrogen and oxygen atoms in total. The van der Waals surface area contributed by atoms with E-state index in [1.807, 2.05) is 20.8 Å². The van der Waals surface area contributed by atoms with Crippen LogP contribution in [0, 0.1) is 6.92 Å². The third-order valence-corrected chi connectivity index (χ3v) is 1.36. The first-order valence-corrected chi connectivity index (χ1v) is 4.92. The van der Waals surface area contributed by atoms with Crippen LogP contribution in [-0.2, 0) is 4.79 Å². The fourth-order valence-corrected chi connectivity index (χ4v) is 0.764. The van der Waals surface area contributed by atoms with Gasteiger partial charge in [-0.1, -0.05) is 19.9 Å². The highest BCUT2D eigenvalue weighted by Crippen LogP contribution is 1.98. The van der Waals surface area contributed by atoms with Crippen LogP contribution in [0.1, 0.15) is 27.3 Å². The van der Waals surface area contributed by atoms with Crippen LogP contribution in [0.25, 0.3) is 0 Å². The predicted molar refractivity (Wildman–Crippen MR) is 63.7 cm³/mol. The van der Waals surface area contributed by atoms with Gasteiger partial charge < -0.3 is 0 Å². The fourth-order valence-electron chi connectivity index (χ4n) is 0.764. The Labute approximate surface area is 91.9 Å². The summed E-state index contributed by atoms with van der Waals surface area (Å²) in [6, 6.07) is 0. The van der Waals surface area contributed by atoms with Crippen LogP contribution in [0.15, 0.2) is 25.0 Å². The Hall–Kier alpha value is -1.71. The Morgan fingerprint density at radius 2 is 2.07 bits per heavy atom. The largest absolute Gasteiger partial charge is 0.294 e. The minimum absolute atomic E-state index is 0. The molecule has 0 fully saturated rings. The van der Waals surface area contributed by atoms with Gasteiger partial charge in [0.1, 0.15) is 0 Å². The van der Waals surface area contributed by atoms with Gasteiger partial charge in [-0.3, -0.25) is 10.1 Å². The smallest absolute Gasteiger partial charge is 0.230 e. The summed E-state index contributed by atoms with van der Waals surface area (Å²) in [4.78, 5) is 18.9. The van der Waals surface area contributed by atoms with E-state index in [0.29, 0.717) is 5.95 Å². The molecule has 0 saturated heterocycles. The lowest BCUT2D eigenvalue weighted by molar-refractivity contribution is -0.115. The molecule has 0 aromatic carbocycles. The summed E-state index contributed by atoms with van der Waals surface area (Å²) >= 11 is 0. The van der Waals surface area contributed by atoms with Gasteiger partial charge in [0.25, 0.3) is 0 Å². The molecule has 1 aromatic heterocycles. The molecule has 15 heavy (non-hydrogen) atoms. The number of carbonyl (C=O) groups excluding carboxylic acids is 1. The molecule has 1 amide bonds. The van der Waals surface area contributed by atoms with Gasteiger partial charge in [0, 0.05) is 20.2 Å². The Morgan fingerprint density at radius 3 is 2.53 bits per heavy atom. The standard InChI is InChI=1S/C9H11N3O.C2H6.H2/c1-3-4-8(13)12-9-10-5-7(2)6-11-9;1-2;/h3,5-6H,1,4H2,2H3,(H,10,11,12,13);1-2H3;1H. The van der Waals surface area contributed by atoms with Crippen LogP contribution >= 0.6 is 0 Å². The minimum Gasteiger partial charge on any atom is -0.294 e. The van der Waals surface area contributed by atoms with Crippen molar-refractivity contribution in [3.8, 4) is 0 Å². The number of aromatic nitrogens is 2. The molecule has 84 valence electrons. The number of aryl methyl sites for hydroxylation is 1. The van der Waals surface area contributed by atoms with Crippen molar-refractivity contribution < 1.29 is 6.22 Å². The van der Waals surface area contributed by atoms with Crippen molar-refractivity contribution in [2.75, 3.05) is 5.32 Å². The van der Waals surface area contributed by atoms with Crippen LogP contribution in [0.3, 0.4) is 0 Å². The zero-order chi connectivity index (χ0) is 11.7. The van der Waals surface area contributed by atoms with E-state index in [2.05, 4.69) is 21.9 Å². The number of hydrogen-bond donors (Lipinski definition) is 1. The van der Waals surface area contributed by atoms with E-state index < -0.39 is 0 Å². The van der Waals surface area contributed by atoms with E-state index in [9.17, 15) is 4.79 Å². The molecule has 1 rings (SSSR count). The van der Waals surface area contributed by atoms with Crippen molar-refractivity contribution in [1.82, 2.24) is 9.97 Å². The Bertz CT molecular complexity index is 312. The molecule has 0 radical (unpaired) electrons. The van der Waals surface area contributed by atoms with Crippen molar-refractivity contribution in [3.63, 3.8) is 0 Å². The number of carbonyl (C=O) groups is 1. The first kappa shape index (κ1) is 13.3. The van der Waals surface area contributed by atoms with Crippen molar-refractivity contribution in [2.45, 2.75) is 27.2 Å². The van der Waals surface area contributed by atoms with E-state index in [-0.39, 0.29) is 13.8 Å². The molecular weight excluding hydrogens is 190 g/mol. The quantitative estimate of drug-likeness (QED) is 0.778. The number of anilines is 1. The molecular formula is C11H19N3O. The minimum atomic E-state index is -0.154. The highest BCUT2D eigenvalue weighted by atomic mass is 16.1. The van der Waals surface area contributed by atoms with E-state index in [1.165, 1.54) is 6.08 Å². The van der Waals surface area contributed by atoms with Crippen LogP contribution in [0.4, 0.5) is 5.95 Å². The summed E-state index contributed by atoms with van der Waals surface area (Å²) in [6.45, 7) is 9.34. The first-order chi connectivity index (χ1) is 7.22. The lowest BCUT2D eigenvalue weighted by Gasteiger charge is -2.00. The zero-order valence-electron chi connectivity index (χ0n) is 9.45. The van der Waals surface area contributed by atoms with Crippen molar-refractivity contribution in [3.05, 3.63) is 30.6 Å². The molecule has 0 spiro atoms. The summed E-state index contributed by atoms with van der Waals surface area (Å²) in [6.07, 6.45) is 5.10. The summed E-state index contributed by atoms with van der Waals surface area (Å²) in [5, 5.41) is 2.54. The zero-order valence-corrected chi connectivity index (χ0v) is 9.45. The number of nitrogens with one attached hydrogen (secondary N) is 1. The average molecular weight is 209 g/mol. The van der Waals surface area contributed by atoms with Gasteiger partial charge in [0.05, 0.1) is 0 Å². The number of nitrogens with zero attached hydrogens (tertiary/aromatic N) is 2. The Kier molecular flexibility index (Phi) is 6.80. The van der Waals surface area contributed by atoms with Gasteiger partial charge in [-0.15, -0.1) is 6.58 Å². The van der Waals surface area contributed by atoms with Gasteiger partial charge in [-0.25, -0.2) is 9.97 Å². The lowest BCUT2D eigenvalue weighted by atomic mass is 10.4. The molecule has 0 atom stereocenters. The molecule has 0 saturated carbocycles. The fraction of sp³-hybridized carbons (Fsp3) is 0.364. The maximum Gasteiger partial charge on any atom is 0.230 e. The Morgan fingerprint density at radius 1 is 1.53 bits per heavy atom. The summed E-state index contributed by atoms with van der Waals surface area (Å²) < 4.78 is 0. The first-order valence-electron chi connectivity index (χ1n) is 4.92. The highest BCUT2D eigenvalue weighted by Gasteiger charge is 2.00. The number of hydrogen-bond acceptors (Lipinski definition) is 3. The van der Waals surface area contributed by atoms with Crippen molar-refractivity contribution >= 4 is 11.9 Å². The molecule has 0 aliphatic carbocycles. The van der Waals surface area contributed by atoms with Crippen molar-refractivity contribution in [1.29, 1.82) is 0 Å². The topological polar surface area (TPSA) is 54.9 Å². The van der Waals surface area contributed by atoms with Crippen LogP contribution in [0.5, 0.6) is 0 Å². The summed E-state index contributed by atoms with van der Waals surface area (Å²) in [7, 11) is 0. The average Bonchev–Trinajstić information content (AvgIpc) is 2.25. The SMILES string of the molecule is C=CCC(=O)Nc1ncc(C)cn1.CC.[HH]. The van der Waals surface area contributed by atoms with Gasteiger partial charge in [-0.05, 0) is 12.5 Å². The van der Waals surface area contributed by atoms with Gasteiger partial charge >= 0.3 is 0 Å². The molecule has 0 aliphatic rings. The van der Waals surface area contributed by atoms with Crippen LogP contribution < -0.4 is 5.32 Å². The lowest BCUT2D eigenvalue weighted by Crippen LogP contribution is -2.12. The second-order valence-electron chi connectivity index (χ2n) is 2.62. The van der Waals surface area contributed by atoms with Crippen molar-refractivity contribution in [2.24, 2.45) is 0 Å². The third kappa shape index (κ3) is 5.57. The molecule has 1 aromatic rings. The third-order valence-electron chi connectivity index (χ3n) is 1.36. The number of rotatable bonds is 3. The Balaban J connectivity index is 0. The normalized spacial score (nSPS) is 8.47. The molecule has 0 unspecified atom stereocenters. The predicted octanol–water partition coefficient (Wildman–Crippen LogP) is 2.57. The maximum absolute atomic E-state index is 11.0. The summed E-state index contributed by atoms with van der Waals surface area (Å²) in [5.74, 6) is 0.177. The molecule has 0 bridgehead atoms. The molecule has 4 heteroatoms. The van der Waals surface area contributed by atoms with Gasteiger partial charge in [0.2, 0.25) is 11.9 Å². The maximum atomic E-state index is 11.0. The van der Waals surface area contributed by atoms with E-state index in [4.69, 9.17) is 0 Å². The monoisotopic (exact) mass is 209 g/mol. The van der Waals surface area contributed by atoms with Gasteiger partial charge in [-0.2, -0.15) is 0 Å². The van der Waals surface area contributed by atoms with E-state index in [0.717, 1.165) is 5.56 Å². The van der Waals surface area contributed by atoms with Crippen LogP contribution in [-0.4, -0.2) is 15.9 Å². The molecule has 1 heterocycles. The van der Waals surface area contributed by atoms with Crippen LogP contribution in [0.2, 0.25) is 0 Å².